The summed E-state index contributed by atoms with van der Waals surface area (Å²) in [6, 6.07) is 13.8. The summed E-state index contributed by atoms with van der Waals surface area (Å²) in [6.07, 6.45) is 4.51. The van der Waals surface area contributed by atoms with Crippen molar-refractivity contribution in [2.24, 2.45) is 0 Å². The Morgan fingerprint density at radius 2 is 1.96 bits per heavy atom. The summed E-state index contributed by atoms with van der Waals surface area (Å²) in [5.41, 5.74) is 3.86. The summed E-state index contributed by atoms with van der Waals surface area (Å²) in [4.78, 5) is 8.66. The first-order chi connectivity index (χ1) is 13.7. The topological polar surface area (TPSA) is 64.9 Å². The second-order valence-corrected chi connectivity index (χ2v) is 8.33. The largest absolute Gasteiger partial charge is 0.494 e. The van der Waals surface area contributed by atoms with E-state index in [4.69, 9.17) is 16.3 Å². The molecule has 4 aromatic rings. The Bertz CT molecular complexity index is 1120. The van der Waals surface area contributed by atoms with Gasteiger partial charge < -0.3 is 10.1 Å². The first kappa shape index (κ1) is 19.4. The highest BCUT2D eigenvalue weighted by Gasteiger charge is 2.09. The zero-order valence-corrected chi connectivity index (χ0v) is 18.8. The van der Waals surface area contributed by atoms with Gasteiger partial charge in [-0.25, -0.2) is 9.44 Å². The minimum Gasteiger partial charge on any atom is -0.494 e. The maximum atomic E-state index is 6.11. The molecule has 0 aliphatic carbocycles. The number of hydrogen-bond donors (Lipinski definition) is 1. The van der Waals surface area contributed by atoms with E-state index in [0.29, 0.717) is 18.8 Å². The number of nitrogens with zero attached hydrogens (tertiary/aromatic N) is 4. The number of rotatable bonds is 6. The van der Waals surface area contributed by atoms with Gasteiger partial charge in [0.25, 0.3) is 0 Å². The summed E-state index contributed by atoms with van der Waals surface area (Å²) >= 11 is 8.42. The van der Waals surface area contributed by atoms with Crippen molar-refractivity contribution in [3.8, 4) is 16.9 Å². The van der Waals surface area contributed by atoms with Crippen LogP contribution in [0.2, 0.25) is 5.28 Å². The number of hydrogen-bond acceptors (Lipinski definition) is 5. The van der Waals surface area contributed by atoms with E-state index in [0.717, 1.165) is 33.5 Å². The van der Waals surface area contributed by atoms with E-state index in [1.165, 1.54) is 0 Å². The van der Waals surface area contributed by atoms with Crippen molar-refractivity contribution in [1.29, 1.82) is 0 Å². The van der Waals surface area contributed by atoms with Crippen LogP contribution in [0.1, 0.15) is 6.92 Å². The molecule has 2 heterocycles. The Kier molecular flexibility index (Phi) is 5.94. The second-order valence-electron chi connectivity index (χ2n) is 5.91. The number of halogens is 2. The Hall–Kier alpha value is -1.96. The van der Waals surface area contributed by atoms with E-state index in [2.05, 4.69) is 54.6 Å². The Balaban J connectivity index is 1.64. The van der Waals surface area contributed by atoms with E-state index in [-0.39, 0.29) is 5.28 Å². The van der Waals surface area contributed by atoms with Gasteiger partial charge in [-0.3, -0.25) is 0 Å². The lowest BCUT2D eigenvalue weighted by Crippen LogP contribution is -1.98. The summed E-state index contributed by atoms with van der Waals surface area (Å²) < 4.78 is 7.52. The number of fused-ring (bicyclic) bond motifs is 1. The minimum absolute atomic E-state index is 0.197. The zero-order chi connectivity index (χ0) is 19.5. The molecule has 0 aliphatic rings. The van der Waals surface area contributed by atoms with Crippen LogP contribution in [0.15, 0.2) is 54.9 Å². The van der Waals surface area contributed by atoms with Gasteiger partial charge in [0.05, 0.1) is 24.7 Å². The molecule has 142 valence electrons. The highest BCUT2D eigenvalue weighted by molar-refractivity contribution is 14.2. The highest BCUT2D eigenvalue weighted by atomic mass is 127. The van der Waals surface area contributed by atoms with Crippen LogP contribution in [0.3, 0.4) is 0 Å². The van der Waals surface area contributed by atoms with Crippen molar-refractivity contribution < 1.29 is 4.74 Å². The van der Waals surface area contributed by atoms with Gasteiger partial charge in [0.2, 0.25) is 5.28 Å². The molecular weight excluding hydrogens is 508 g/mol. The lowest BCUT2D eigenvalue weighted by atomic mass is 10.1. The third-order valence-electron chi connectivity index (χ3n) is 4.10. The first-order valence-electron chi connectivity index (χ1n) is 8.55. The van der Waals surface area contributed by atoms with E-state index in [1.54, 1.807) is 0 Å². The fourth-order valence-electron chi connectivity index (χ4n) is 2.83. The molecule has 0 bridgehead atoms. The molecule has 2 aromatic carbocycles. The molecule has 0 saturated carbocycles. The summed E-state index contributed by atoms with van der Waals surface area (Å²) in [6.45, 7) is 2.55. The van der Waals surface area contributed by atoms with Crippen LogP contribution in [0.4, 0.5) is 11.5 Å². The second kappa shape index (κ2) is 8.59. The Labute approximate surface area is 182 Å². The van der Waals surface area contributed by atoms with E-state index in [9.17, 15) is 0 Å². The van der Waals surface area contributed by atoms with Crippen molar-refractivity contribution in [2.75, 3.05) is 11.9 Å². The standard InChI is InChI=1S/C19H16ClIN5OP/c1-2-27-15-7-8-17-16(9-15)18(25-19(20)24-17)23-14-5-3-12(4-6-14)13-10-22-26(11-13)28-21/h3-11,28H,2H2,1H3,(H,23,24,25). The quantitative estimate of drug-likeness (QED) is 0.188. The van der Waals surface area contributed by atoms with Crippen molar-refractivity contribution in [3.63, 3.8) is 0 Å². The molecule has 0 fully saturated rings. The smallest absolute Gasteiger partial charge is 0.224 e. The average Bonchev–Trinajstić information content (AvgIpc) is 3.18. The van der Waals surface area contributed by atoms with Crippen molar-refractivity contribution >= 4 is 62.4 Å². The number of nitrogens with one attached hydrogen (secondary N) is 1. The summed E-state index contributed by atoms with van der Waals surface area (Å²) in [5, 5.41) is 8.72. The van der Waals surface area contributed by atoms with Crippen LogP contribution >= 0.6 is 40.0 Å². The summed E-state index contributed by atoms with van der Waals surface area (Å²) in [7, 11) is 0. The van der Waals surface area contributed by atoms with Gasteiger partial charge >= 0.3 is 0 Å². The number of aromatic nitrogens is 4. The molecule has 28 heavy (non-hydrogen) atoms. The third-order valence-corrected chi connectivity index (χ3v) is 6.17. The molecule has 0 spiro atoms. The average molecular weight is 524 g/mol. The van der Waals surface area contributed by atoms with Gasteiger partial charge in [0.15, 0.2) is 0 Å². The monoisotopic (exact) mass is 523 g/mol. The van der Waals surface area contributed by atoms with Crippen molar-refractivity contribution in [1.82, 2.24) is 19.5 Å². The van der Waals surface area contributed by atoms with Gasteiger partial charge in [-0.15, -0.1) is 0 Å². The predicted molar refractivity (Wildman–Crippen MR) is 124 cm³/mol. The molecule has 6 nitrogen and oxygen atoms in total. The van der Waals surface area contributed by atoms with Gasteiger partial charge in [0, 0.05) is 22.8 Å². The molecule has 1 unspecified atom stereocenters. The van der Waals surface area contributed by atoms with E-state index < -0.39 is 0 Å². The van der Waals surface area contributed by atoms with Crippen LogP contribution in [-0.2, 0) is 0 Å². The zero-order valence-electron chi connectivity index (χ0n) is 14.9. The Morgan fingerprint density at radius 1 is 1.14 bits per heavy atom. The third kappa shape index (κ3) is 4.21. The van der Waals surface area contributed by atoms with Crippen LogP contribution < -0.4 is 10.1 Å². The van der Waals surface area contributed by atoms with E-state index >= 15 is 0 Å². The minimum atomic E-state index is 0.197. The van der Waals surface area contributed by atoms with E-state index in [1.807, 2.05) is 54.1 Å². The molecule has 4 rings (SSSR count). The molecule has 0 radical (unpaired) electrons. The van der Waals surface area contributed by atoms with Crippen LogP contribution in [0.5, 0.6) is 5.75 Å². The molecule has 1 atom stereocenters. The van der Waals surface area contributed by atoms with Gasteiger partial charge in [-0.05, 0) is 76.5 Å². The SMILES string of the molecule is CCOc1ccc2nc(Cl)nc(Nc3ccc(-c4cnn(PI)c4)cc3)c2c1. The Morgan fingerprint density at radius 3 is 2.68 bits per heavy atom. The lowest BCUT2D eigenvalue weighted by Gasteiger charge is -2.11. The highest BCUT2D eigenvalue weighted by Crippen LogP contribution is 2.30. The number of benzene rings is 2. The molecule has 2 aromatic heterocycles. The number of anilines is 2. The first-order valence-corrected chi connectivity index (χ1v) is 13.0. The van der Waals surface area contributed by atoms with Crippen LogP contribution in [0, 0.1) is 0 Å². The fourth-order valence-corrected chi connectivity index (χ4v) is 4.09. The fraction of sp³-hybridized carbons (Fsp3) is 0.105. The molecular formula is C19H16ClIN5OP. The van der Waals surface area contributed by atoms with Crippen LogP contribution in [0.25, 0.3) is 22.0 Å². The van der Waals surface area contributed by atoms with Gasteiger partial charge in [0.1, 0.15) is 11.6 Å². The molecule has 0 amide bonds. The predicted octanol–water partition coefficient (Wildman–Crippen LogP) is 6.08. The maximum absolute atomic E-state index is 6.11. The molecule has 0 aliphatic heterocycles. The maximum Gasteiger partial charge on any atom is 0.224 e. The number of ether oxygens (including phenoxy) is 1. The molecule has 1 N–H and O–H groups in total. The lowest BCUT2D eigenvalue weighted by molar-refractivity contribution is 0.340. The van der Waals surface area contributed by atoms with Crippen LogP contribution in [-0.4, -0.2) is 26.1 Å². The molecule has 0 saturated heterocycles. The van der Waals surface area contributed by atoms with Gasteiger partial charge in [-0.1, -0.05) is 12.1 Å². The van der Waals surface area contributed by atoms with Crippen molar-refractivity contribution in [3.05, 3.63) is 60.1 Å². The van der Waals surface area contributed by atoms with Crippen molar-refractivity contribution in [2.45, 2.75) is 6.92 Å². The van der Waals surface area contributed by atoms with Gasteiger partial charge in [-0.2, -0.15) is 10.1 Å². The normalized spacial score (nSPS) is 11.4. The summed E-state index contributed by atoms with van der Waals surface area (Å²) in [5.74, 6) is 1.41. The molecule has 9 heteroatoms.